The number of nitrogens with zero attached hydrogens (tertiary/aromatic N) is 1. The molecule has 0 saturated heterocycles. The van der Waals surface area contributed by atoms with Gasteiger partial charge in [-0.25, -0.2) is 0 Å². The molecule has 2 rings (SSSR count). The highest BCUT2D eigenvalue weighted by atomic mass is 127. The standard InChI is InChI=1S/C16H32N.HI/c1-17(2,13-15-9-5-3-6-10-15)14-16-11-7-4-8-12-16;/h15-16H,3-14H2,1-2H3;1H/q+1;/p-1. The Morgan fingerprint density at radius 2 is 1.00 bits per heavy atom. The van der Waals surface area contributed by atoms with Crippen molar-refractivity contribution in [1.82, 2.24) is 0 Å². The van der Waals surface area contributed by atoms with Crippen molar-refractivity contribution >= 4 is 0 Å². The van der Waals surface area contributed by atoms with Crippen LogP contribution in [0.4, 0.5) is 0 Å². The van der Waals surface area contributed by atoms with Crippen LogP contribution in [0, 0.1) is 11.8 Å². The Morgan fingerprint density at radius 1 is 0.667 bits per heavy atom. The first-order chi connectivity index (χ1) is 8.16. The summed E-state index contributed by atoms with van der Waals surface area (Å²) in [6.45, 7) is 2.88. The largest absolute Gasteiger partial charge is 1.00 e. The molecule has 0 radical (unpaired) electrons. The summed E-state index contributed by atoms with van der Waals surface area (Å²) in [5.74, 6) is 2.06. The molecule has 0 atom stereocenters. The number of hydrogen-bond donors (Lipinski definition) is 0. The van der Waals surface area contributed by atoms with E-state index in [0.29, 0.717) is 0 Å². The van der Waals surface area contributed by atoms with Gasteiger partial charge in [0.25, 0.3) is 0 Å². The minimum absolute atomic E-state index is 0. The normalized spacial score (nSPS) is 23.7. The molecule has 18 heavy (non-hydrogen) atoms. The van der Waals surface area contributed by atoms with Gasteiger partial charge in [0.15, 0.2) is 0 Å². The molecule has 0 aromatic rings. The number of hydrogen-bond acceptors (Lipinski definition) is 0. The predicted octanol–water partition coefficient (Wildman–Crippen LogP) is 1.23. The Labute approximate surface area is 131 Å². The predicted molar refractivity (Wildman–Crippen MR) is 75.0 cm³/mol. The molecule has 0 spiro atoms. The van der Waals surface area contributed by atoms with Gasteiger partial charge in [0.05, 0.1) is 27.2 Å². The number of quaternary nitrogens is 1. The summed E-state index contributed by atoms with van der Waals surface area (Å²) in [5.41, 5.74) is 0. The van der Waals surface area contributed by atoms with Gasteiger partial charge in [-0.15, -0.1) is 0 Å². The van der Waals surface area contributed by atoms with Gasteiger partial charge in [-0.05, 0) is 25.7 Å². The van der Waals surface area contributed by atoms with Crippen molar-refractivity contribution in [3.05, 3.63) is 0 Å². The second-order valence-electron chi connectivity index (χ2n) is 7.31. The highest BCUT2D eigenvalue weighted by Gasteiger charge is 2.27. The Morgan fingerprint density at radius 3 is 1.33 bits per heavy atom. The van der Waals surface area contributed by atoms with E-state index >= 15 is 0 Å². The van der Waals surface area contributed by atoms with Crippen molar-refractivity contribution in [2.24, 2.45) is 11.8 Å². The minimum Gasteiger partial charge on any atom is -1.00 e. The summed E-state index contributed by atoms with van der Waals surface area (Å²) in [4.78, 5) is 0. The van der Waals surface area contributed by atoms with Crippen molar-refractivity contribution < 1.29 is 28.5 Å². The van der Waals surface area contributed by atoms with Crippen LogP contribution in [0.3, 0.4) is 0 Å². The van der Waals surface area contributed by atoms with Gasteiger partial charge >= 0.3 is 0 Å². The molecule has 1 nitrogen and oxygen atoms in total. The van der Waals surface area contributed by atoms with Gasteiger partial charge in [-0.3, -0.25) is 0 Å². The lowest BCUT2D eigenvalue weighted by Gasteiger charge is -2.38. The monoisotopic (exact) mass is 365 g/mol. The zero-order valence-corrected chi connectivity index (χ0v) is 14.6. The molecule has 108 valence electrons. The zero-order chi connectivity index (χ0) is 12.1. The van der Waals surface area contributed by atoms with Crippen LogP contribution in [0.5, 0.6) is 0 Å². The summed E-state index contributed by atoms with van der Waals surface area (Å²) >= 11 is 0. The van der Waals surface area contributed by atoms with Crippen LogP contribution in [0.2, 0.25) is 0 Å². The summed E-state index contributed by atoms with van der Waals surface area (Å²) in [5, 5.41) is 0. The topological polar surface area (TPSA) is 0 Å². The molecule has 0 N–H and O–H groups in total. The molecule has 2 aliphatic rings. The van der Waals surface area contributed by atoms with E-state index in [1.54, 1.807) is 0 Å². The van der Waals surface area contributed by atoms with Gasteiger partial charge in [-0.1, -0.05) is 38.5 Å². The summed E-state index contributed by atoms with van der Waals surface area (Å²) < 4.78 is 1.29. The number of halogens is 1. The lowest BCUT2D eigenvalue weighted by atomic mass is 9.86. The van der Waals surface area contributed by atoms with E-state index in [1.807, 2.05) is 0 Å². The Hall–Kier alpha value is 0.690. The zero-order valence-electron chi connectivity index (χ0n) is 12.5. The molecule has 0 heterocycles. The summed E-state index contributed by atoms with van der Waals surface area (Å²) in [6.07, 6.45) is 15.0. The van der Waals surface area contributed by atoms with Crippen molar-refractivity contribution in [3.63, 3.8) is 0 Å². The quantitative estimate of drug-likeness (QED) is 0.519. The molecule has 2 aliphatic carbocycles. The van der Waals surface area contributed by atoms with E-state index in [9.17, 15) is 0 Å². The summed E-state index contributed by atoms with van der Waals surface area (Å²) in [6, 6.07) is 0. The minimum atomic E-state index is 0. The lowest BCUT2D eigenvalue weighted by molar-refractivity contribution is -0.897. The molecular weight excluding hydrogens is 333 g/mol. The first kappa shape index (κ1) is 16.7. The molecule has 0 aliphatic heterocycles. The fourth-order valence-corrected chi connectivity index (χ4v) is 4.21. The molecule has 0 aromatic heterocycles. The maximum atomic E-state index is 2.48. The molecule has 0 bridgehead atoms. The van der Waals surface area contributed by atoms with Crippen LogP contribution in [0.15, 0.2) is 0 Å². The third kappa shape index (κ3) is 5.77. The maximum Gasteiger partial charge on any atom is 0.0811 e. The van der Waals surface area contributed by atoms with E-state index < -0.39 is 0 Å². The van der Waals surface area contributed by atoms with Crippen LogP contribution in [0.1, 0.15) is 64.2 Å². The molecule has 0 aromatic carbocycles. The van der Waals surface area contributed by atoms with Gasteiger partial charge in [-0.2, -0.15) is 0 Å². The third-order valence-corrected chi connectivity index (χ3v) is 4.95. The van der Waals surface area contributed by atoms with Crippen molar-refractivity contribution in [3.8, 4) is 0 Å². The van der Waals surface area contributed by atoms with Crippen LogP contribution in [0.25, 0.3) is 0 Å². The highest BCUT2D eigenvalue weighted by molar-refractivity contribution is 4.68. The molecule has 2 heteroatoms. The van der Waals surface area contributed by atoms with E-state index in [2.05, 4.69) is 14.1 Å². The van der Waals surface area contributed by atoms with Crippen LogP contribution in [-0.4, -0.2) is 31.7 Å². The first-order valence-corrected chi connectivity index (χ1v) is 7.98. The van der Waals surface area contributed by atoms with E-state index in [1.165, 1.54) is 81.8 Å². The van der Waals surface area contributed by atoms with E-state index in [0.717, 1.165) is 11.8 Å². The maximum absolute atomic E-state index is 2.48. The lowest BCUT2D eigenvalue weighted by Crippen LogP contribution is -3.00. The second-order valence-corrected chi connectivity index (χ2v) is 7.31. The van der Waals surface area contributed by atoms with E-state index in [4.69, 9.17) is 0 Å². The van der Waals surface area contributed by atoms with Crippen LogP contribution >= 0.6 is 0 Å². The van der Waals surface area contributed by atoms with Crippen molar-refractivity contribution in [2.75, 3.05) is 27.2 Å². The Kier molecular flexibility index (Phi) is 7.52. The first-order valence-electron chi connectivity index (χ1n) is 7.98. The fraction of sp³-hybridized carbons (Fsp3) is 1.00. The molecule has 0 unspecified atom stereocenters. The second kappa shape index (κ2) is 8.08. The van der Waals surface area contributed by atoms with Gasteiger partial charge in [0, 0.05) is 11.8 Å². The highest BCUT2D eigenvalue weighted by Crippen LogP contribution is 2.29. The molecular formula is C16H32IN. The number of rotatable bonds is 4. The van der Waals surface area contributed by atoms with Gasteiger partial charge in [0.2, 0.25) is 0 Å². The Balaban J connectivity index is 0.00000162. The SMILES string of the molecule is C[N+](C)(CC1CCCCC1)CC1CCCCC1.[I-]. The van der Waals surface area contributed by atoms with Gasteiger partial charge < -0.3 is 28.5 Å². The smallest absolute Gasteiger partial charge is 0.0811 e. The van der Waals surface area contributed by atoms with Crippen molar-refractivity contribution in [1.29, 1.82) is 0 Å². The molecule has 2 fully saturated rings. The average Bonchev–Trinajstić information content (AvgIpc) is 2.30. The van der Waals surface area contributed by atoms with Crippen molar-refractivity contribution in [2.45, 2.75) is 64.2 Å². The fourth-order valence-electron chi connectivity index (χ4n) is 4.21. The van der Waals surface area contributed by atoms with Gasteiger partial charge in [0.1, 0.15) is 0 Å². The summed E-state index contributed by atoms with van der Waals surface area (Å²) in [7, 11) is 4.95. The Bertz CT molecular complexity index is 193. The van der Waals surface area contributed by atoms with Crippen LogP contribution < -0.4 is 24.0 Å². The molecule has 0 amide bonds. The van der Waals surface area contributed by atoms with Crippen LogP contribution in [-0.2, 0) is 0 Å². The van der Waals surface area contributed by atoms with E-state index in [-0.39, 0.29) is 24.0 Å². The molecule has 2 saturated carbocycles. The third-order valence-electron chi connectivity index (χ3n) is 4.95. The average molecular weight is 365 g/mol.